The molecule has 0 amide bonds. The van der Waals surface area contributed by atoms with Crippen molar-refractivity contribution in [2.24, 2.45) is 0 Å². The second kappa shape index (κ2) is 4.27. The molecule has 0 unspecified atom stereocenters. The van der Waals surface area contributed by atoms with Gasteiger partial charge in [0.1, 0.15) is 5.69 Å². The maximum absolute atomic E-state index is 11.0. The molecule has 0 aliphatic carbocycles. The zero-order valence-corrected chi connectivity index (χ0v) is 10.2. The van der Waals surface area contributed by atoms with E-state index in [0.717, 1.165) is 0 Å². The van der Waals surface area contributed by atoms with Gasteiger partial charge in [-0.1, -0.05) is 11.6 Å². The van der Waals surface area contributed by atoms with Crippen LogP contribution in [0, 0.1) is 0 Å². The Bertz CT molecular complexity index is 554. The summed E-state index contributed by atoms with van der Waals surface area (Å²) < 4.78 is 2.15. The predicted molar refractivity (Wildman–Crippen MR) is 63.2 cm³/mol. The molecule has 0 aliphatic heterocycles. The van der Waals surface area contributed by atoms with Crippen molar-refractivity contribution in [1.82, 2.24) is 9.55 Å². The van der Waals surface area contributed by atoms with Gasteiger partial charge in [0, 0.05) is 16.9 Å². The fourth-order valence-electron chi connectivity index (χ4n) is 1.35. The van der Waals surface area contributed by atoms with E-state index in [9.17, 15) is 4.79 Å². The summed E-state index contributed by atoms with van der Waals surface area (Å²) >= 11 is 9.13. The van der Waals surface area contributed by atoms with Gasteiger partial charge in [-0.3, -0.25) is 0 Å². The Labute approximate surface area is 105 Å². The van der Waals surface area contributed by atoms with Crippen molar-refractivity contribution in [2.45, 2.75) is 0 Å². The van der Waals surface area contributed by atoms with Crippen molar-refractivity contribution in [3.05, 3.63) is 45.9 Å². The van der Waals surface area contributed by atoms with Crippen LogP contribution in [-0.2, 0) is 0 Å². The number of aromatic nitrogens is 2. The van der Waals surface area contributed by atoms with Gasteiger partial charge in [0.15, 0.2) is 5.15 Å². The number of carboxylic acid groups (broad SMARTS) is 1. The van der Waals surface area contributed by atoms with E-state index in [2.05, 4.69) is 20.9 Å². The molecule has 0 saturated carbocycles. The topological polar surface area (TPSA) is 55.1 Å². The third-order valence-corrected chi connectivity index (χ3v) is 2.73. The van der Waals surface area contributed by atoms with Crippen molar-refractivity contribution >= 4 is 33.5 Å². The third kappa shape index (κ3) is 1.96. The Kier molecular flexibility index (Phi) is 2.98. The number of aromatic carboxylic acids is 1. The monoisotopic (exact) mass is 300 g/mol. The number of nitrogens with zero attached hydrogens (tertiary/aromatic N) is 2. The van der Waals surface area contributed by atoms with Crippen molar-refractivity contribution in [3.8, 4) is 5.69 Å². The first kappa shape index (κ1) is 11.2. The summed E-state index contributed by atoms with van der Waals surface area (Å²) in [5.41, 5.74) is 0.661. The zero-order chi connectivity index (χ0) is 11.7. The molecule has 0 saturated heterocycles. The van der Waals surface area contributed by atoms with Gasteiger partial charge in [0.05, 0.1) is 5.69 Å². The maximum Gasteiger partial charge on any atom is 0.352 e. The van der Waals surface area contributed by atoms with E-state index in [4.69, 9.17) is 16.7 Å². The first-order valence-electron chi connectivity index (χ1n) is 4.31. The standard InChI is InChI=1S/C10H6BrClN2O2/c11-6-4-8(10(15)16)14(5-6)7-2-1-3-13-9(7)12/h1-5H,(H,15,16). The number of halogens is 2. The molecule has 1 N–H and O–H groups in total. The number of carboxylic acids is 1. The highest BCUT2D eigenvalue weighted by Gasteiger charge is 2.14. The molecule has 2 heterocycles. The largest absolute Gasteiger partial charge is 0.477 e. The summed E-state index contributed by atoms with van der Waals surface area (Å²) in [6.45, 7) is 0. The van der Waals surface area contributed by atoms with Crippen LogP contribution in [0.15, 0.2) is 35.1 Å². The minimum absolute atomic E-state index is 0.127. The quantitative estimate of drug-likeness (QED) is 0.868. The summed E-state index contributed by atoms with van der Waals surface area (Å²) in [5.74, 6) is -1.02. The average molecular weight is 302 g/mol. The van der Waals surface area contributed by atoms with Gasteiger partial charge >= 0.3 is 5.97 Å². The Balaban J connectivity index is 2.64. The first-order valence-corrected chi connectivity index (χ1v) is 5.49. The molecule has 82 valence electrons. The highest BCUT2D eigenvalue weighted by atomic mass is 79.9. The zero-order valence-electron chi connectivity index (χ0n) is 7.89. The second-order valence-electron chi connectivity index (χ2n) is 3.03. The molecule has 0 spiro atoms. The van der Waals surface area contributed by atoms with Crippen LogP contribution < -0.4 is 0 Å². The Hall–Kier alpha value is -1.33. The van der Waals surface area contributed by atoms with Crippen LogP contribution in [0.3, 0.4) is 0 Å². The van der Waals surface area contributed by atoms with E-state index < -0.39 is 5.97 Å². The molecule has 0 aromatic carbocycles. The molecular formula is C10H6BrClN2O2. The van der Waals surface area contributed by atoms with Gasteiger partial charge in [-0.05, 0) is 34.1 Å². The van der Waals surface area contributed by atoms with Crippen LogP contribution >= 0.6 is 27.5 Å². The Morgan fingerprint density at radius 3 is 2.94 bits per heavy atom. The number of carbonyl (C=O) groups is 1. The Morgan fingerprint density at radius 2 is 2.31 bits per heavy atom. The van der Waals surface area contributed by atoms with Gasteiger partial charge in [-0.25, -0.2) is 9.78 Å². The fraction of sp³-hybridized carbons (Fsp3) is 0. The molecule has 6 heteroatoms. The van der Waals surface area contributed by atoms with Crippen molar-refractivity contribution < 1.29 is 9.90 Å². The van der Waals surface area contributed by atoms with E-state index >= 15 is 0 Å². The van der Waals surface area contributed by atoms with Crippen molar-refractivity contribution in [2.75, 3.05) is 0 Å². The van der Waals surface area contributed by atoms with E-state index in [1.54, 1.807) is 24.5 Å². The maximum atomic E-state index is 11.0. The van der Waals surface area contributed by atoms with Crippen LogP contribution in [0.5, 0.6) is 0 Å². The molecule has 0 aliphatic rings. The van der Waals surface area contributed by atoms with Gasteiger partial charge in [-0.2, -0.15) is 0 Å². The van der Waals surface area contributed by atoms with E-state index in [0.29, 0.717) is 10.2 Å². The molecular weight excluding hydrogens is 295 g/mol. The molecule has 0 bridgehead atoms. The lowest BCUT2D eigenvalue weighted by atomic mass is 10.4. The molecule has 0 radical (unpaired) electrons. The molecule has 2 aromatic heterocycles. The number of pyridine rings is 1. The molecule has 16 heavy (non-hydrogen) atoms. The minimum atomic E-state index is -1.02. The normalized spacial score (nSPS) is 10.4. The van der Waals surface area contributed by atoms with Crippen LogP contribution in [0.4, 0.5) is 0 Å². The number of hydrogen-bond donors (Lipinski definition) is 1. The lowest BCUT2D eigenvalue weighted by Crippen LogP contribution is -2.06. The van der Waals surface area contributed by atoms with E-state index in [1.165, 1.54) is 10.6 Å². The first-order chi connectivity index (χ1) is 7.59. The van der Waals surface area contributed by atoms with E-state index in [1.807, 2.05) is 0 Å². The lowest BCUT2D eigenvalue weighted by molar-refractivity contribution is 0.0688. The molecule has 0 atom stereocenters. The molecule has 0 fully saturated rings. The summed E-state index contributed by atoms with van der Waals surface area (Å²) in [4.78, 5) is 14.9. The second-order valence-corrected chi connectivity index (χ2v) is 4.31. The smallest absolute Gasteiger partial charge is 0.352 e. The van der Waals surface area contributed by atoms with Gasteiger partial charge in [0.25, 0.3) is 0 Å². The number of rotatable bonds is 2. The summed E-state index contributed by atoms with van der Waals surface area (Å²) in [6, 6.07) is 4.90. The van der Waals surface area contributed by atoms with Crippen molar-refractivity contribution in [3.63, 3.8) is 0 Å². The fourth-order valence-corrected chi connectivity index (χ4v) is 1.98. The highest BCUT2D eigenvalue weighted by molar-refractivity contribution is 9.10. The van der Waals surface area contributed by atoms with Crippen LogP contribution in [-0.4, -0.2) is 20.6 Å². The third-order valence-electron chi connectivity index (χ3n) is 2.00. The summed E-state index contributed by atoms with van der Waals surface area (Å²) in [5, 5.41) is 9.28. The Morgan fingerprint density at radius 1 is 1.56 bits per heavy atom. The van der Waals surface area contributed by atoms with Gasteiger partial charge in [-0.15, -0.1) is 0 Å². The SMILES string of the molecule is O=C(O)c1cc(Br)cn1-c1cccnc1Cl. The summed E-state index contributed by atoms with van der Waals surface area (Å²) in [7, 11) is 0. The van der Waals surface area contributed by atoms with Gasteiger partial charge in [0.2, 0.25) is 0 Å². The molecule has 2 aromatic rings. The van der Waals surface area contributed by atoms with Gasteiger partial charge < -0.3 is 9.67 Å². The van der Waals surface area contributed by atoms with Crippen LogP contribution in [0.1, 0.15) is 10.5 Å². The molecule has 4 nitrogen and oxygen atoms in total. The van der Waals surface area contributed by atoms with Crippen LogP contribution in [0.2, 0.25) is 5.15 Å². The highest BCUT2D eigenvalue weighted by Crippen LogP contribution is 2.23. The van der Waals surface area contributed by atoms with Crippen LogP contribution in [0.25, 0.3) is 5.69 Å². The summed E-state index contributed by atoms with van der Waals surface area (Å²) in [6.07, 6.45) is 3.18. The minimum Gasteiger partial charge on any atom is -0.477 e. The lowest BCUT2D eigenvalue weighted by Gasteiger charge is -2.06. The molecule has 2 rings (SSSR count). The van der Waals surface area contributed by atoms with Crippen molar-refractivity contribution in [1.29, 1.82) is 0 Å². The average Bonchev–Trinajstić information content (AvgIpc) is 2.61. The number of hydrogen-bond acceptors (Lipinski definition) is 2. The van der Waals surface area contributed by atoms with E-state index in [-0.39, 0.29) is 10.8 Å². The predicted octanol–water partition coefficient (Wildman–Crippen LogP) is 2.99.